The Labute approximate surface area is 117 Å². The highest BCUT2D eigenvalue weighted by atomic mass is 16.5. The summed E-state index contributed by atoms with van der Waals surface area (Å²) in [6.07, 6.45) is 0.509. The van der Waals surface area contributed by atoms with Gasteiger partial charge in [0.1, 0.15) is 0 Å². The molecule has 0 radical (unpaired) electrons. The van der Waals surface area contributed by atoms with Gasteiger partial charge < -0.3 is 25.7 Å². The smallest absolute Gasteiger partial charge is 0.252 e. The molecule has 7 heteroatoms. The summed E-state index contributed by atoms with van der Waals surface area (Å²) in [4.78, 5) is 12.1. The molecular formula is C13H19N3O4. The Bertz CT molecular complexity index is 502. The standard InChI is InChI=1S/C13H19N3O4/c1-4-9(12(14)16-18)15-13(17)8-5-6-10(19-2)11(7-8)20-3/h5-7,9,18H,4H2,1-3H3,(H2,14,16)(H,15,17). The number of ether oxygens (including phenoxy) is 2. The first kappa shape index (κ1) is 15.6. The summed E-state index contributed by atoms with van der Waals surface area (Å²) in [5.41, 5.74) is 5.89. The second-order valence-corrected chi connectivity index (χ2v) is 4.03. The molecule has 1 unspecified atom stereocenters. The summed E-state index contributed by atoms with van der Waals surface area (Å²) in [5.74, 6) is 0.607. The number of amidine groups is 1. The lowest BCUT2D eigenvalue weighted by molar-refractivity contribution is 0.0945. The van der Waals surface area contributed by atoms with E-state index in [4.69, 9.17) is 20.4 Å². The van der Waals surface area contributed by atoms with Gasteiger partial charge in [0.2, 0.25) is 0 Å². The van der Waals surface area contributed by atoms with Crippen LogP contribution in [0.3, 0.4) is 0 Å². The topological polar surface area (TPSA) is 106 Å². The minimum atomic E-state index is -0.527. The molecule has 20 heavy (non-hydrogen) atoms. The van der Waals surface area contributed by atoms with Gasteiger partial charge in [-0.25, -0.2) is 0 Å². The zero-order valence-electron chi connectivity index (χ0n) is 11.7. The number of nitrogens with one attached hydrogen (secondary N) is 1. The molecule has 0 aliphatic rings. The van der Waals surface area contributed by atoms with Gasteiger partial charge in [0.25, 0.3) is 5.91 Å². The molecule has 1 rings (SSSR count). The van der Waals surface area contributed by atoms with Crippen molar-refractivity contribution in [1.82, 2.24) is 5.32 Å². The number of hydrogen-bond donors (Lipinski definition) is 3. The maximum absolute atomic E-state index is 12.1. The maximum Gasteiger partial charge on any atom is 0.252 e. The van der Waals surface area contributed by atoms with E-state index < -0.39 is 6.04 Å². The third kappa shape index (κ3) is 3.53. The molecule has 0 fully saturated rings. The highest BCUT2D eigenvalue weighted by molar-refractivity contribution is 5.98. The van der Waals surface area contributed by atoms with E-state index in [-0.39, 0.29) is 11.7 Å². The summed E-state index contributed by atoms with van der Waals surface area (Å²) in [6, 6.07) is 4.28. The van der Waals surface area contributed by atoms with Crippen LogP contribution >= 0.6 is 0 Å². The number of methoxy groups -OCH3 is 2. The van der Waals surface area contributed by atoms with Crippen molar-refractivity contribution >= 4 is 11.7 Å². The van der Waals surface area contributed by atoms with Gasteiger partial charge in [-0.3, -0.25) is 4.79 Å². The Balaban J connectivity index is 2.92. The van der Waals surface area contributed by atoms with E-state index in [0.717, 1.165) is 0 Å². The maximum atomic E-state index is 12.1. The molecule has 0 aliphatic heterocycles. The molecule has 7 nitrogen and oxygen atoms in total. The summed E-state index contributed by atoms with van der Waals surface area (Å²) in [6.45, 7) is 1.82. The zero-order chi connectivity index (χ0) is 15.1. The third-order valence-electron chi connectivity index (χ3n) is 2.83. The van der Waals surface area contributed by atoms with Gasteiger partial charge in [0, 0.05) is 5.56 Å². The Hall–Kier alpha value is -2.44. The van der Waals surface area contributed by atoms with E-state index in [1.165, 1.54) is 14.2 Å². The van der Waals surface area contributed by atoms with Gasteiger partial charge in [-0.1, -0.05) is 12.1 Å². The number of hydrogen-bond acceptors (Lipinski definition) is 5. The molecule has 0 saturated carbocycles. The van der Waals surface area contributed by atoms with E-state index in [1.54, 1.807) is 18.2 Å². The number of carbonyl (C=O) groups excluding carboxylic acids is 1. The predicted molar refractivity (Wildman–Crippen MR) is 74.5 cm³/mol. The van der Waals surface area contributed by atoms with E-state index >= 15 is 0 Å². The lowest BCUT2D eigenvalue weighted by atomic mass is 10.1. The molecule has 1 aromatic carbocycles. The average molecular weight is 281 g/mol. The Morgan fingerprint density at radius 1 is 1.40 bits per heavy atom. The number of benzene rings is 1. The van der Waals surface area contributed by atoms with Crippen LogP contribution in [0.15, 0.2) is 23.4 Å². The van der Waals surface area contributed by atoms with Crippen molar-refractivity contribution in [3.8, 4) is 11.5 Å². The SMILES string of the molecule is CCC(NC(=O)c1ccc(OC)c(OC)c1)/C(N)=N/O. The van der Waals surface area contributed by atoms with Crippen LogP contribution in [-0.4, -0.2) is 37.2 Å². The van der Waals surface area contributed by atoms with Crippen LogP contribution in [0.25, 0.3) is 0 Å². The minimum Gasteiger partial charge on any atom is -0.493 e. The second-order valence-electron chi connectivity index (χ2n) is 4.03. The van der Waals surface area contributed by atoms with Crippen molar-refractivity contribution in [3.63, 3.8) is 0 Å². The largest absolute Gasteiger partial charge is 0.493 e. The van der Waals surface area contributed by atoms with Crippen molar-refractivity contribution in [2.45, 2.75) is 19.4 Å². The van der Waals surface area contributed by atoms with E-state index in [1.807, 2.05) is 6.92 Å². The van der Waals surface area contributed by atoms with Crippen LogP contribution < -0.4 is 20.5 Å². The Kier molecular flexibility index (Phi) is 5.64. The summed E-state index contributed by atoms with van der Waals surface area (Å²) >= 11 is 0. The van der Waals surface area contributed by atoms with Gasteiger partial charge in [0.15, 0.2) is 17.3 Å². The first-order chi connectivity index (χ1) is 9.57. The molecule has 4 N–H and O–H groups in total. The summed E-state index contributed by atoms with van der Waals surface area (Å²) in [7, 11) is 3.01. The van der Waals surface area contributed by atoms with E-state index in [2.05, 4.69) is 10.5 Å². The van der Waals surface area contributed by atoms with Crippen molar-refractivity contribution in [2.24, 2.45) is 10.9 Å². The second kappa shape index (κ2) is 7.22. The molecule has 0 spiro atoms. The molecule has 1 amide bonds. The first-order valence-electron chi connectivity index (χ1n) is 6.07. The minimum absolute atomic E-state index is 0.0404. The molecule has 1 aromatic rings. The van der Waals surface area contributed by atoms with Gasteiger partial charge in [-0.2, -0.15) is 0 Å². The molecule has 0 heterocycles. The van der Waals surface area contributed by atoms with Gasteiger partial charge in [-0.15, -0.1) is 0 Å². The molecular weight excluding hydrogens is 262 g/mol. The Morgan fingerprint density at radius 2 is 2.05 bits per heavy atom. The number of carbonyl (C=O) groups is 1. The molecule has 0 saturated heterocycles. The van der Waals surface area contributed by atoms with Crippen LogP contribution in [0.4, 0.5) is 0 Å². The fourth-order valence-electron chi connectivity index (χ4n) is 1.67. The van der Waals surface area contributed by atoms with Crippen molar-refractivity contribution in [1.29, 1.82) is 0 Å². The number of nitrogens with two attached hydrogens (primary N) is 1. The van der Waals surface area contributed by atoms with Crippen LogP contribution in [0.2, 0.25) is 0 Å². The quantitative estimate of drug-likeness (QED) is 0.311. The Morgan fingerprint density at radius 3 is 2.55 bits per heavy atom. The molecule has 0 bridgehead atoms. The van der Waals surface area contributed by atoms with Crippen molar-refractivity contribution < 1.29 is 19.5 Å². The summed E-state index contributed by atoms with van der Waals surface area (Å²) < 4.78 is 10.2. The third-order valence-corrected chi connectivity index (χ3v) is 2.83. The lowest BCUT2D eigenvalue weighted by Gasteiger charge is -2.16. The lowest BCUT2D eigenvalue weighted by Crippen LogP contribution is -2.44. The van der Waals surface area contributed by atoms with Crippen LogP contribution in [0.5, 0.6) is 11.5 Å². The summed E-state index contributed by atoms with van der Waals surface area (Å²) in [5, 5.41) is 14.2. The predicted octanol–water partition coefficient (Wildman–Crippen LogP) is 0.959. The first-order valence-corrected chi connectivity index (χ1v) is 6.07. The monoisotopic (exact) mass is 281 g/mol. The van der Waals surface area contributed by atoms with E-state index in [0.29, 0.717) is 23.5 Å². The van der Waals surface area contributed by atoms with Crippen molar-refractivity contribution in [2.75, 3.05) is 14.2 Å². The fourth-order valence-corrected chi connectivity index (χ4v) is 1.67. The zero-order valence-corrected chi connectivity index (χ0v) is 11.7. The fraction of sp³-hybridized carbons (Fsp3) is 0.385. The highest BCUT2D eigenvalue weighted by Gasteiger charge is 2.17. The number of nitrogens with zero attached hydrogens (tertiary/aromatic N) is 1. The molecule has 0 aromatic heterocycles. The molecule has 0 aliphatic carbocycles. The van der Waals surface area contributed by atoms with Crippen LogP contribution in [0, 0.1) is 0 Å². The van der Waals surface area contributed by atoms with E-state index in [9.17, 15) is 4.79 Å². The van der Waals surface area contributed by atoms with Crippen LogP contribution in [0.1, 0.15) is 23.7 Å². The normalized spacial score (nSPS) is 12.7. The number of rotatable bonds is 6. The number of amides is 1. The molecule has 1 atom stereocenters. The van der Waals surface area contributed by atoms with Crippen LogP contribution in [-0.2, 0) is 0 Å². The highest BCUT2D eigenvalue weighted by Crippen LogP contribution is 2.27. The van der Waals surface area contributed by atoms with Gasteiger partial charge in [-0.05, 0) is 24.6 Å². The van der Waals surface area contributed by atoms with Gasteiger partial charge in [0.05, 0.1) is 20.3 Å². The number of oxime groups is 1. The van der Waals surface area contributed by atoms with Gasteiger partial charge >= 0.3 is 0 Å². The average Bonchev–Trinajstić information content (AvgIpc) is 2.50. The molecule has 110 valence electrons. The van der Waals surface area contributed by atoms with Crippen molar-refractivity contribution in [3.05, 3.63) is 23.8 Å².